The number of amides is 2. The Morgan fingerprint density at radius 3 is 2.62 bits per heavy atom. The van der Waals surface area contributed by atoms with Crippen LogP contribution in [0, 0.1) is 24.7 Å². The monoisotopic (exact) mass is 572 g/mol. The average molecular weight is 573 g/mol. The van der Waals surface area contributed by atoms with Gasteiger partial charge >= 0.3 is 5.97 Å². The number of carbonyl (C=O) groups excluding carboxylic acids is 3. The molecule has 4 aliphatic rings. The number of nitrogens with zero attached hydrogens (tertiary/aromatic N) is 2. The molecule has 2 fully saturated rings. The Hall–Kier alpha value is -2.29. The van der Waals surface area contributed by atoms with Crippen LogP contribution in [-0.4, -0.2) is 69.1 Å². The van der Waals surface area contributed by atoms with E-state index in [0.29, 0.717) is 23.7 Å². The van der Waals surface area contributed by atoms with Gasteiger partial charge in [-0.3, -0.25) is 14.4 Å². The molecule has 0 bridgehead atoms. The molecule has 4 heterocycles. The van der Waals surface area contributed by atoms with Crippen molar-refractivity contribution < 1.29 is 24.2 Å². The highest BCUT2D eigenvalue weighted by Gasteiger charge is 2.74. The van der Waals surface area contributed by atoms with E-state index >= 15 is 0 Å². The van der Waals surface area contributed by atoms with Crippen LogP contribution in [0.5, 0.6) is 0 Å². The Balaban J connectivity index is 1.70. The number of hydrogen-bond acceptors (Lipinski definition) is 6. The first-order valence-corrected chi connectivity index (χ1v) is 15.0. The Labute approximate surface area is 239 Å². The summed E-state index contributed by atoms with van der Waals surface area (Å²) in [6.45, 7) is 8.24. The predicted molar refractivity (Wildman–Crippen MR) is 154 cm³/mol. The average Bonchev–Trinajstić information content (AvgIpc) is 3.23. The molecule has 9 heteroatoms. The molecule has 1 spiro atoms. The molecule has 39 heavy (non-hydrogen) atoms. The van der Waals surface area contributed by atoms with Gasteiger partial charge in [-0.15, -0.1) is 11.8 Å². The fourth-order valence-corrected chi connectivity index (χ4v) is 9.42. The molecule has 0 radical (unpaired) electrons. The lowest BCUT2D eigenvalue weighted by Gasteiger charge is -2.40. The third-order valence-electron chi connectivity index (χ3n) is 8.49. The van der Waals surface area contributed by atoms with E-state index in [1.807, 2.05) is 58.1 Å². The van der Waals surface area contributed by atoms with Crippen LogP contribution in [0.4, 0.5) is 5.69 Å². The second-order valence-electron chi connectivity index (χ2n) is 11.7. The normalized spacial score (nSPS) is 34.0. The number of aryl methyl sites for hydroxylation is 1. The lowest BCUT2D eigenvalue weighted by molar-refractivity contribution is -0.154. The smallest absolute Gasteiger partial charge is 0.311 e. The van der Waals surface area contributed by atoms with Crippen LogP contribution in [0.2, 0.25) is 5.02 Å². The summed E-state index contributed by atoms with van der Waals surface area (Å²) in [6.07, 6.45) is 10.0. The summed E-state index contributed by atoms with van der Waals surface area (Å²) in [7, 11) is 0. The highest BCUT2D eigenvalue weighted by Crippen LogP contribution is 2.65. The summed E-state index contributed by atoms with van der Waals surface area (Å²) < 4.78 is 3.95. The molecule has 2 saturated heterocycles. The van der Waals surface area contributed by atoms with Gasteiger partial charge in [-0.2, -0.15) is 0 Å². The number of aliphatic hydroxyl groups excluding tert-OH is 1. The summed E-state index contributed by atoms with van der Waals surface area (Å²) >= 11 is 8.15. The van der Waals surface area contributed by atoms with E-state index in [2.05, 4.69) is 6.08 Å². The Morgan fingerprint density at radius 1 is 1.15 bits per heavy atom. The van der Waals surface area contributed by atoms with Crippen molar-refractivity contribution in [1.29, 1.82) is 0 Å². The van der Waals surface area contributed by atoms with Crippen molar-refractivity contribution in [2.75, 3.05) is 24.7 Å². The number of cyclic esters (lactones) is 1. The molecular weight excluding hydrogens is 536 g/mol. The molecular formula is C30H37ClN2O5S. The summed E-state index contributed by atoms with van der Waals surface area (Å²) in [5.41, 5.74) is 1.46. The van der Waals surface area contributed by atoms with Gasteiger partial charge < -0.3 is 19.6 Å². The molecule has 1 unspecified atom stereocenters. The third-order valence-corrected chi connectivity index (χ3v) is 10.6. The second kappa shape index (κ2) is 10.6. The highest BCUT2D eigenvalue weighted by atomic mass is 35.5. The maximum absolute atomic E-state index is 14.7. The minimum atomic E-state index is -1.01. The number of esters is 1. The number of aliphatic hydroxyl groups is 1. The van der Waals surface area contributed by atoms with Crippen LogP contribution in [0.3, 0.4) is 0 Å². The number of hydrogen-bond donors (Lipinski definition) is 1. The molecule has 7 nitrogen and oxygen atoms in total. The van der Waals surface area contributed by atoms with Crippen molar-refractivity contribution in [3.05, 3.63) is 53.1 Å². The van der Waals surface area contributed by atoms with Crippen molar-refractivity contribution in [2.24, 2.45) is 17.8 Å². The number of rotatable bonds is 5. The molecule has 6 atom stereocenters. The maximum Gasteiger partial charge on any atom is 0.311 e. The first kappa shape index (κ1) is 28.2. The third kappa shape index (κ3) is 4.52. The minimum absolute atomic E-state index is 0.181. The lowest BCUT2D eigenvalue weighted by atomic mass is 9.74. The molecule has 210 valence electrons. The number of fused-ring (bicyclic) bond motifs is 2. The van der Waals surface area contributed by atoms with Gasteiger partial charge in [0.2, 0.25) is 5.91 Å². The summed E-state index contributed by atoms with van der Waals surface area (Å²) in [5.74, 6) is -2.32. The number of ether oxygens (including phenoxy) is 1. The van der Waals surface area contributed by atoms with E-state index in [1.165, 1.54) is 11.8 Å². The van der Waals surface area contributed by atoms with Crippen molar-refractivity contribution in [3.8, 4) is 0 Å². The van der Waals surface area contributed by atoms with Crippen LogP contribution in [0.25, 0.3) is 0 Å². The van der Waals surface area contributed by atoms with Crippen molar-refractivity contribution in [1.82, 2.24) is 4.90 Å². The number of para-hydroxylation sites is 1. The lowest BCUT2D eigenvalue weighted by Crippen LogP contribution is -2.57. The fourth-order valence-electron chi connectivity index (χ4n) is 6.95. The first-order valence-electron chi connectivity index (χ1n) is 13.8. The van der Waals surface area contributed by atoms with Crippen molar-refractivity contribution >= 4 is 46.8 Å². The summed E-state index contributed by atoms with van der Waals surface area (Å²) in [4.78, 5) is 46.1. The predicted octanol–water partition coefficient (Wildman–Crippen LogP) is 4.54. The van der Waals surface area contributed by atoms with E-state index in [-0.39, 0.29) is 30.9 Å². The van der Waals surface area contributed by atoms with Gasteiger partial charge in [0, 0.05) is 11.3 Å². The molecule has 1 aromatic rings. The van der Waals surface area contributed by atoms with Gasteiger partial charge in [-0.05, 0) is 50.7 Å². The molecule has 4 aliphatic heterocycles. The molecule has 0 aliphatic carbocycles. The zero-order valence-electron chi connectivity index (χ0n) is 22.9. The van der Waals surface area contributed by atoms with E-state index in [4.69, 9.17) is 16.3 Å². The summed E-state index contributed by atoms with van der Waals surface area (Å²) in [6, 6.07) is 4.03. The topological polar surface area (TPSA) is 87.2 Å². The van der Waals surface area contributed by atoms with Gasteiger partial charge in [0.15, 0.2) is 0 Å². The number of likely N-dealkylation sites (tertiary alicyclic amines) is 1. The first-order chi connectivity index (χ1) is 18.6. The second-order valence-corrected chi connectivity index (χ2v) is 13.9. The van der Waals surface area contributed by atoms with Gasteiger partial charge in [-0.25, -0.2) is 0 Å². The van der Waals surface area contributed by atoms with Crippen molar-refractivity contribution in [3.63, 3.8) is 0 Å². The molecule has 1 aromatic carbocycles. The highest BCUT2D eigenvalue weighted by molar-refractivity contribution is 8.02. The van der Waals surface area contributed by atoms with Gasteiger partial charge in [-0.1, -0.05) is 61.9 Å². The van der Waals surface area contributed by atoms with Crippen LogP contribution in [0.1, 0.15) is 45.6 Å². The summed E-state index contributed by atoms with van der Waals surface area (Å²) in [5, 5.41) is 11.0. The van der Waals surface area contributed by atoms with Gasteiger partial charge in [0.05, 0.1) is 46.5 Å². The number of benzene rings is 1. The number of halogens is 1. The Morgan fingerprint density at radius 2 is 1.92 bits per heavy atom. The molecule has 2 amide bonds. The van der Waals surface area contributed by atoms with Crippen LogP contribution < -0.4 is 4.90 Å². The largest absolute Gasteiger partial charge is 0.465 e. The van der Waals surface area contributed by atoms with E-state index < -0.39 is 39.4 Å². The van der Waals surface area contributed by atoms with Gasteiger partial charge in [0.1, 0.15) is 6.04 Å². The minimum Gasteiger partial charge on any atom is -0.465 e. The number of allylic oxidation sites excluding steroid dienone is 1. The molecule has 0 aromatic heterocycles. The van der Waals surface area contributed by atoms with Crippen molar-refractivity contribution in [2.45, 2.75) is 68.5 Å². The SMILES string of the molecule is Cc1cccc(Cl)c1N1CC=C[C@]23S[C@]4(C)/C=C\CCCOC(=O)[C@@H]4[C@H]2C(=O)N([C@@H](CO)CC(C)C)C3C1=O. The number of carbonyl (C=O) groups is 3. The Bertz CT molecular complexity index is 1210. The Kier molecular flexibility index (Phi) is 7.68. The zero-order valence-corrected chi connectivity index (χ0v) is 24.5. The maximum atomic E-state index is 14.7. The standard InChI is InChI=1S/C30H37ClN2O5S/c1-18(2)16-20(17-34)33-25-27(36)32(24-19(3)10-8-11-21(24)31)14-9-13-30(25)22(26(33)35)23-28(37)38-15-7-5-6-12-29(23,4)39-30/h6,8-13,18,20,22-23,25,34H,5,7,14-17H2,1-4H3/b12-6-/t20-,22+,23+,25?,29-,30+/m1/s1. The zero-order chi connectivity index (χ0) is 28.1. The molecule has 0 saturated carbocycles. The van der Waals surface area contributed by atoms with Crippen LogP contribution in [-0.2, 0) is 19.1 Å². The van der Waals surface area contributed by atoms with E-state index in [9.17, 15) is 19.5 Å². The quantitative estimate of drug-likeness (QED) is 0.412. The van der Waals surface area contributed by atoms with Crippen LogP contribution >= 0.6 is 23.4 Å². The van der Waals surface area contributed by atoms with E-state index in [1.54, 1.807) is 15.9 Å². The number of thioether (sulfide) groups is 1. The van der Waals surface area contributed by atoms with Crippen LogP contribution in [0.15, 0.2) is 42.5 Å². The molecule has 1 N–H and O–H groups in total. The fraction of sp³-hybridized carbons (Fsp3) is 0.567. The molecule has 5 rings (SSSR count). The number of anilines is 1. The van der Waals surface area contributed by atoms with Gasteiger partial charge in [0.25, 0.3) is 5.91 Å². The van der Waals surface area contributed by atoms with E-state index in [0.717, 1.165) is 18.4 Å².